The van der Waals surface area contributed by atoms with Crippen LogP contribution in [0.4, 0.5) is 0 Å². The maximum Gasteiger partial charge on any atom is 0.0449 e. The van der Waals surface area contributed by atoms with E-state index < -0.39 is 0 Å². The highest BCUT2D eigenvalue weighted by Gasteiger charge is 2.14. The molecule has 1 aromatic carbocycles. The van der Waals surface area contributed by atoms with Gasteiger partial charge in [0.2, 0.25) is 0 Å². The molecule has 78 valence electrons. The Morgan fingerprint density at radius 1 is 1.14 bits per heavy atom. The summed E-state index contributed by atoms with van der Waals surface area (Å²) < 4.78 is 0. The molecule has 0 saturated carbocycles. The Kier molecular flexibility index (Phi) is 4.20. The van der Waals surface area contributed by atoms with Gasteiger partial charge in [0.25, 0.3) is 0 Å². The lowest BCUT2D eigenvalue weighted by atomic mass is 9.99. The molecular weight excluding hydrogens is 219 g/mol. The summed E-state index contributed by atoms with van der Waals surface area (Å²) in [6.07, 6.45) is 0.825. The van der Waals surface area contributed by atoms with Crippen molar-refractivity contribution in [3.63, 3.8) is 0 Å². The lowest BCUT2D eigenvalue weighted by Gasteiger charge is -2.19. The first kappa shape index (κ1) is 11.8. The Hall–Kier alpha value is -0.280. The van der Waals surface area contributed by atoms with Gasteiger partial charge in [0, 0.05) is 22.1 Å². The molecular formula is C10H14Cl2N2. The first-order valence-corrected chi connectivity index (χ1v) is 5.27. The quantitative estimate of drug-likeness (QED) is 0.843. The van der Waals surface area contributed by atoms with E-state index in [1.165, 1.54) is 0 Å². The van der Waals surface area contributed by atoms with Gasteiger partial charge in [-0.15, -0.1) is 0 Å². The van der Waals surface area contributed by atoms with Crippen molar-refractivity contribution in [1.82, 2.24) is 0 Å². The van der Waals surface area contributed by atoms with E-state index in [-0.39, 0.29) is 12.1 Å². The molecule has 0 aliphatic heterocycles. The highest BCUT2D eigenvalue weighted by molar-refractivity contribution is 6.34. The van der Waals surface area contributed by atoms with E-state index in [4.69, 9.17) is 34.7 Å². The molecule has 14 heavy (non-hydrogen) atoms. The third-order valence-electron chi connectivity index (χ3n) is 2.20. The Morgan fingerprint density at radius 3 is 2.07 bits per heavy atom. The summed E-state index contributed by atoms with van der Waals surface area (Å²) in [6, 6.07) is 5.00. The molecule has 0 unspecified atom stereocenters. The van der Waals surface area contributed by atoms with Crippen molar-refractivity contribution in [2.75, 3.05) is 0 Å². The van der Waals surface area contributed by atoms with Crippen molar-refractivity contribution >= 4 is 23.2 Å². The molecule has 0 spiro atoms. The van der Waals surface area contributed by atoms with Gasteiger partial charge in [-0.1, -0.05) is 30.1 Å². The van der Waals surface area contributed by atoms with Gasteiger partial charge in [-0.2, -0.15) is 0 Å². The summed E-state index contributed by atoms with van der Waals surface area (Å²) in [5.41, 5.74) is 12.7. The van der Waals surface area contributed by atoms with Crippen LogP contribution < -0.4 is 11.5 Å². The zero-order valence-corrected chi connectivity index (χ0v) is 9.52. The second kappa shape index (κ2) is 4.99. The second-order valence-corrected chi connectivity index (χ2v) is 4.17. The number of hydrogen-bond acceptors (Lipinski definition) is 2. The fourth-order valence-corrected chi connectivity index (χ4v) is 1.81. The molecule has 2 nitrogen and oxygen atoms in total. The van der Waals surface area contributed by atoms with Gasteiger partial charge in [0.15, 0.2) is 0 Å². The van der Waals surface area contributed by atoms with Crippen LogP contribution in [0.3, 0.4) is 0 Å². The maximum absolute atomic E-state index is 5.94. The van der Waals surface area contributed by atoms with Crippen molar-refractivity contribution in [2.45, 2.75) is 25.4 Å². The van der Waals surface area contributed by atoms with Gasteiger partial charge >= 0.3 is 0 Å². The topological polar surface area (TPSA) is 52.0 Å². The minimum absolute atomic E-state index is 0.0652. The van der Waals surface area contributed by atoms with Gasteiger partial charge in [-0.25, -0.2) is 0 Å². The molecule has 2 atom stereocenters. The minimum atomic E-state index is -0.212. The largest absolute Gasteiger partial charge is 0.326 e. The van der Waals surface area contributed by atoms with E-state index in [2.05, 4.69) is 0 Å². The third kappa shape index (κ3) is 2.85. The van der Waals surface area contributed by atoms with E-state index in [9.17, 15) is 0 Å². The summed E-state index contributed by atoms with van der Waals surface area (Å²) in [5.74, 6) is 0. The number of rotatable bonds is 3. The summed E-state index contributed by atoms with van der Waals surface area (Å²) in [5, 5.41) is 1.18. The summed E-state index contributed by atoms with van der Waals surface area (Å²) in [4.78, 5) is 0. The Morgan fingerprint density at radius 2 is 1.64 bits per heavy atom. The van der Waals surface area contributed by atoms with Gasteiger partial charge < -0.3 is 11.5 Å². The molecule has 0 aliphatic carbocycles. The zero-order chi connectivity index (χ0) is 10.7. The molecule has 0 aliphatic rings. The van der Waals surface area contributed by atoms with Crippen molar-refractivity contribution in [3.8, 4) is 0 Å². The molecule has 4 N–H and O–H groups in total. The molecule has 4 heteroatoms. The summed E-state index contributed by atoms with van der Waals surface area (Å²) >= 11 is 11.7. The van der Waals surface area contributed by atoms with E-state index in [1.54, 1.807) is 18.2 Å². The van der Waals surface area contributed by atoms with Crippen LogP contribution in [-0.2, 0) is 0 Å². The highest BCUT2D eigenvalue weighted by atomic mass is 35.5. The van der Waals surface area contributed by atoms with Crippen molar-refractivity contribution in [3.05, 3.63) is 33.8 Å². The first-order valence-electron chi connectivity index (χ1n) is 4.51. The van der Waals surface area contributed by atoms with E-state index in [0.29, 0.717) is 10.0 Å². The zero-order valence-electron chi connectivity index (χ0n) is 8.00. The van der Waals surface area contributed by atoms with Gasteiger partial charge in [-0.3, -0.25) is 0 Å². The fourth-order valence-electron chi connectivity index (χ4n) is 1.27. The number of benzene rings is 1. The molecule has 0 saturated heterocycles. The van der Waals surface area contributed by atoms with Crippen LogP contribution in [-0.4, -0.2) is 6.04 Å². The van der Waals surface area contributed by atoms with Crippen molar-refractivity contribution < 1.29 is 0 Å². The van der Waals surface area contributed by atoms with E-state index >= 15 is 0 Å². The lowest BCUT2D eigenvalue weighted by molar-refractivity contribution is 0.532. The van der Waals surface area contributed by atoms with E-state index in [1.807, 2.05) is 6.92 Å². The fraction of sp³-hybridized carbons (Fsp3) is 0.400. The molecule has 0 heterocycles. The first-order chi connectivity index (χ1) is 6.54. The molecule has 0 bridgehead atoms. The number of nitrogens with two attached hydrogens (primary N) is 2. The van der Waals surface area contributed by atoms with Crippen molar-refractivity contribution in [2.24, 2.45) is 11.5 Å². The molecule has 0 aromatic heterocycles. The van der Waals surface area contributed by atoms with Gasteiger partial charge in [0.1, 0.15) is 0 Å². The maximum atomic E-state index is 5.94. The monoisotopic (exact) mass is 232 g/mol. The van der Waals surface area contributed by atoms with Gasteiger partial charge in [0.05, 0.1) is 0 Å². The van der Waals surface area contributed by atoms with Crippen LogP contribution in [0.5, 0.6) is 0 Å². The van der Waals surface area contributed by atoms with Crippen LogP contribution in [0.15, 0.2) is 18.2 Å². The Bertz CT molecular complexity index is 295. The van der Waals surface area contributed by atoms with Crippen LogP contribution >= 0.6 is 23.2 Å². The van der Waals surface area contributed by atoms with Crippen molar-refractivity contribution in [1.29, 1.82) is 0 Å². The normalized spacial score (nSPS) is 15.2. The van der Waals surface area contributed by atoms with E-state index in [0.717, 1.165) is 12.0 Å². The van der Waals surface area contributed by atoms with Gasteiger partial charge in [-0.05, 0) is 30.2 Å². The van der Waals surface area contributed by atoms with Crippen LogP contribution in [0.25, 0.3) is 0 Å². The van der Waals surface area contributed by atoms with Crippen LogP contribution in [0.1, 0.15) is 24.9 Å². The SMILES string of the molecule is CC[C@H](N)[C@@H](N)c1cc(Cl)cc(Cl)c1. The smallest absolute Gasteiger partial charge is 0.0449 e. The third-order valence-corrected chi connectivity index (χ3v) is 2.64. The highest BCUT2D eigenvalue weighted by Crippen LogP contribution is 2.24. The van der Waals surface area contributed by atoms with Crippen LogP contribution in [0.2, 0.25) is 10.0 Å². The van der Waals surface area contributed by atoms with Crippen LogP contribution in [0, 0.1) is 0 Å². The number of hydrogen-bond donors (Lipinski definition) is 2. The lowest BCUT2D eigenvalue weighted by Crippen LogP contribution is -2.33. The Balaban J connectivity index is 2.94. The Labute approximate surface area is 94.2 Å². The standard InChI is InChI=1S/C10H14Cl2N2/c1-2-9(13)10(14)6-3-7(11)5-8(12)4-6/h3-5,9-10H,2,13-14H2,1H3/t9-,10-/m0/s1. The molecule has 1 aromatic rings. The number of halogens is 2. The predicted molar refractivity (Wildman–Crippen MR) is 61.7 cm³/mol. The summed E-state index contributed by atoms with van der Waals surface area (Å²) in [6.45, 7) is 2.00. The molecule has 0 fully saturated rings. The molecule has 1 rings (SSSR count). The average molecular weight is 233 g/mol. The average Bonchev–Trinajstić information content (AvgIpc) is 2.14. The minimum Gasteiger partial charge on any atom is -0.326 e. The molecule has 0 amide bonds. The molecule has 0 radical (unpaired) electrons. The summed E-state index contributed by atoms with van der Waals surface area (Å²) in [7, 11) is 0. The predicted octanol–water partition coefficient (Wildman–Crippen LogP) is 2.73. The second-order valence-electron chi connectivity index (χ2n) is 3.30.